The van der Waals surface area contributed by atoms with E-state index in [1.165, 1.54) is 17.8 Å². The second kappa shape index (κ2) is 15.6. The van der Waals surface area contributed by atoms with Crippen molar-refractivity contribution in [3.05, 3.63) is 83.7 Å². The third-order valence-electron chi connectivity index (χ3n) is 6.90. The molecule has 0 spiro atoms. The molecule has 10 nitrogen and oxygen atoms in total. The van der Waals surface area contributed by atoms with E-state index in [-0.39, 0.29) is 17.3 Å². The molecule has 0 aliphatic heterocycles. The van der Waals surface area contributed by atoms with E-state index in [2.05, 4.69) is 35.7 Å². The van der Waals surface area contributed by atoms with Gasteiger partial charge in [-0.15, -0.1) is 0 Å². The summed E-state index contributed by atoms with van der Waals surface area (Å²) in [5, 5.41) is -0.128. The maximum atomic E-state index is 13.5. The maximum Gasteiger partial charge on any atom is 0.416 e. The molecular weight excluding hydrogens is 604 g/mol. The van der Waals surface area contributed by atoms with Gasteiger partial charge in [-0.25, -0.2) is 27.9 Å². The van der Waals surface area contributed by atoms with Crippen LogP contribution >= 0.6 is 0 Å². The topological polar surface area (TPSA) is 128 Å². The first-order valence-electron chi connectivity index (χ1n) is 15.7. The van der Waals surface area contributed by atoms with Crippen molar-refractivity contribution in [2.75, 3.05) is 11.4 Å². The summed E-state index contributed by atoms with van der Waals surface area (Å²) in [7, 11) is -4.05. The van der Waals surface area contributed by atoms with Gasteiger partial charge >= 0.3 is 12.1 Å². The number of nitrogens with one attached hydrogen (secondary N) is 1. The first-order chi connectivity index (χ1) is 21.5. The van der Waals surface area contributed by atoms with Crippen LogP contribution in [0.15, 0.2) is 71.9 Å². The molecule has 0 saturated heterocycles. The summed E-state index contributed by atoms with van der Waals surface area (Å²) in [6.07, 6.45) is 4.27. The summed E-state index contributed by atoms with van der Waals surface area (Å²) < 4.78 is 40.8. The van der Waals surface area contributed by atoms with Crippen molar-refractivity contribution >= 4 is 27.9 Å². The number of benzene rings is 1. The largest absolute Gasteiger partial charge is 0.459 e. The second-order valence-electron chi connectivity index (χ2n) is 13.4. The van der Waals surface area contributed by atoms with E-state index in [0.29, 0.717) is 11.6 Å². The fourth-order valence-electron chi connectivity index (χ4n) is 4.70. The monoisotopic (exact) mass is 652 g/mol. The number of amides is 1. The summed E-state index contributed by atoms with van der Waals surface area (Å²) in [6.45, 7) is 14.3. The molecule has 2 heterocycles. The molecule has 3 rings (SSSR count). The summed E-state index contributed by atoms with van der Waals surface area (Å²) in [6, 6.07) is 16.9. The zero-order chi connectivity index (χ0) is 34.1. The van der Waals surface area contributed by atoms with Gasteiger partial charge in [-0.3, -0.25) is 9.69 Å². The van der Waals surface area contributed by atoms with E-state index in [1.54, 1.807) is 71.9 Å². The maximum absolute atomic E-state index is 13.5. The molecule has 250 valence electrons. The fraction of sp³-hybridized carbons (Fsp3) is 0.486. The van der Waals surface area contributed by atoms with Gasteiger partial charge in [-0.1, -0.05) is 63.1 Å². The van der Waals surface area contributed by atoms with E-state index >= 15 is 0 Å². The molecule has 0 aliphatic carbocycles. The molecule has 1 N–H and O–H groups in total. The Hall–Kier alpha value is -3.83. The highest BCUT2D eigenvalue weighted by Gasteiger charge is 2.30. The lowest BCUT2D eigenvalue weighted by Crippen LogP contribution is -2.42. The Morgan fingerprint density at radius 1 is 0.913 bits per heavy atom. The number of sulfonamides is 1. The molecule has 3 aromatic rings. The van der Waals surface area contributed by atoms with Gasteiger partial charge in [-0.05, 0) is 95.7 Å². The molecule has 1 aromatic carbocycles. The van der Waals surface area contributed by atoms with Crippen LogP contribution in [0.25, 0.3) is 0 Å². The number of pyridine rings is 2. The van der Waals surface area contributed by atoms with Gasteiger partial charge in [0.1, 0.15) is 23.6 Å². The van der Waals surface area contributed by atoms with Crippen LogP contribution in [0, 0.1) is 0 Å². The van der Waals surface area contributed by atoms with Gasteiger partial charge in [0.25, 0.3) is 10.0 Å². The number of hydrogen-bond donors (Lipinski definition) is 1. The van der Waals surface area contributed by atoms with Crippen LogP contribution in [-0.4, -0.2) is 48.2 Å². The first kappa shape index (κ1) is 36.6. The van der Waals surface area contributed by atoms with E-state index in [1.807, 2.05) is 12.1 Å². The molecule has 2 aromatic heterocycles. The Bertz CT molecular complexity index is 1550. The SMILES string of the molecule is CCCCC(C)c1ccc(CC(NS(=O)(=O)c2ccccn2)c2cccc(N(CC(=O)OC(C)(C)C)C(=O)OC(C)(C)C)n2)cc1. The minimum absolute atomic E-state index is 0.111. The quantitative estimate of drug-likeness (QED) is 0.194. The van der Waals surface area contributed by atoms with Crippen LogP contribution in [0.2, 0.25) is 0 Å². The third-order valence-corrected chi connectivity index (χ3v) is 8.29. The lowest BCUT2D eigenvalue weighted by Gasteiger charge is -2.28. The molecule has 11 heteroatoms. The molecule has 1 amide bonds. The van der Waals surface area contributed by atoms with E-state index in [4.69, 9.17) is 14.5 Å². The Morgan fingerprint density at radius 2 is 1.59 bits per heavy atom. The lowest BCUT2D eigenvalue weighted by atomic mass is 9.93. The Morgan fingerprint density at radius 3 is 2.17 bits per heavy atom. The molecule has 0 saturated carbocycles. The second-order valence-corrected chi connectivity index (χ2v) is 15.1. The predicted octanol–water partition coefficient (Wildman–Crippen LogP) is 7.12. The summed E-state index contributed by atoms with van der Waals surface area (Å²) >= 11 is 0. The van der Waals surface area contributed by atoms with Crippen molar-refractivity contribution in [1.82, 2.24) is 14.7 Å². The highest BCUT2D eigenvalue weighted by atomic mass is 32.2. The zero-order valence-corrected chi connectivity index (χ0v) is 29.1. The Balaban J connectivity index is 2.02. The average Bonchev–Trinajstić information content (AvgIpc) is 2.97. The van der Waals surface area contributed by atoms with Gasteiger partial charge in [0.2, 0.25) is 0 Å². The van der Waals surface area contributed by atoms with Crippen LogP contribution < -0.4 is 9.62 Å². The molecule has 0 bridgehead atoms. The van der Waals surface area contributed by atoms with Crippen LogP contribution in [0.4, 0.5) is 10.6 Å². The minimum atomic E-state index is -4.05. The number of nitrogens with zero attached hydrogens (tertiary/aromatic N) is 3. The average molecular weight is 653 g/mol. The summed E-state index contributed by atoms with van der Waals surface area (Å²) in [5.74, 6) is -0.124. The normalized spacial score (nSPS) is 13.5. The van der Waals surface area contributed by atoms with Gasteiger partial charge in [0.05, 0.1) is 11.7 Å². The minimum Gasteiger partial charge on any atom is -0.459 e. The number of unbranched alkanes of at least 4 members (excludes halogenated alkanes) is 1. The summed E-state index contributed by atoms with van der Waals surface area (Å²) in [5.41, 5.74) is 0.838. The number of carbonyl (C=O) groups is 2. The summed E-state index contributed by atoms with van der Waals surface area (Å²) in [4.78, 5) is 36.0. The standard InChI is InChI=1S/C35H48N4O6S/c1-9-10-14-25(2)27-20-18-26(19-21-27)23-29(38-46(42,43)31-17-11-12-22-36-31)28-15-13-16-30(37-28)39(33(41)45-35(6,7)8)24-32(40)44-34(3,4)5/h11-13,15-22,25,29,38H,9-10,14,23-24H2,1-8H3. The van der Waals surface area contributed by atoms with Crippen LogP contribution in [-0.2, 0) is 30.7 Å². The molecule has 2 atom stereocenters. The van der Waals surface area contributed by atoms with Crippen LogP contribution in [0.1, 0.15) is 103 Å². The van der Waals surface area contributed by atoms with E-state index in [9.17, 15) is 18.0 Å². The predicted molar refractivity (Wildman–Crippen MR) is 179 cm³/mol. The Kier molecular flexibility index (Phi) is 12.5. The van der Waals surface area contributed by atoms with Crippen molar-refractivity contribution in [2.24, 2.45) is 0 Å². The fourth-order valence-corrected chi connectivity index (χ4v) is 5.85. The molecular formula is C35H48N4O6S. The molecule has 46 heavy (non-hydrogen) atoms. The van der Waals surface area contributed by atoms with Gasteiger partial charge < -0.3 is 9.47 Å². The molecule has 0 fully saturated rings. The van der Waals surface area contributed by atoms with Crippen molar-refractivity contribution in [3.8, 4) is 0 Å². The van der Waals surface area contributed by atoms with Gasteiger partial charge in [0, 0.05) is 6.20 Å². The third kappa shape index (κ3) is 11.5. The van der Waals surface area contributed by atoms with Crippen molar-refractivity contribution in [2.45, 2.75) is 109 Å². The number of carbonyl (C=O) groups excluding carboxylic acids is 2. The van der Waals surface area contributed by atoms with Crippen molar-refractivity contribution in [3.63, 3.8) is 0 Å². The van der Waals surface area contributed by atoms with E-state index < -0.39 is 45.9 Å². The van der Waals surface area contributed by atoms with Crippen molar-refractivity contribution in [1.29, 1.82) is 0 Å². The number of rotatable bonds is 13. The van der Waals surface area contributed by atoms with E-state index in [0.717, 1.165) is 29.7 Å². The van der Waals surface area contributed by atoms with Gasteiger partial charge in [0.15, 0.2) is 5.03 Å². The first-order valence-corrected chi connectivity index (χ1v) is 17.2. The highest BCUT2D eigenvalue weighted by Crippen LogP contribution is 2.26. The highest BCUT2D eigenvalue weighted by molar-refractivity contribution is 7.89. The smallest absolute Gasteiger partial charge is 0.416 e. The molecule has 0 aliphatic rings. The lowest BCUT2D eigenvalue weighted by molar-refractivity contribution is -0.153. The Labute approximate surface area is 274 Å². The number of anilines is 1. The van der Waals surface area contributed by atoms with Crippen molar-refractivity contribution < 1.29 is 27.5 Å². The van der Waals surface area contributed by atoms with Crippen LogP contribution in [0.3, 0.4) is 0 Å². The molecule has 2 unspecified atom stereocenters. The number of hydrogen-bond acceptors (Lipinski definition) is 8. The zero-order valence-electron chi connectivity index (χ0n) is 28.2. The van der Waals surface area contributed by atoms with Crippen LogP contribution in [0.5, 0.6) is 0 Å². The number of aromatic nitrogens is 2. The van der Waals surface area contributed by atoms with Gasteiger partial charge in [-0.2, -0.15) is 0 Å². The molecule has 0 radical (unpaired) electrons. The number of ether oxygens (including phenoxy) is 2. The number of esters is 1.